The van der Waals surface area contributed by atoms with Gasteiger partial charge >= 0.3 is 0 Å². The van der Waals surface area contributed by atoms with E-state index in [0.717, 1.165) is 49.1 Å². The zero-order valence-corrected chi connectivity index (χ0v) is 18.7. The summed E-state index contributed by atoms with van der Waals surface area (Å²) >= 11 is 0. The summed E-state index contributed by atoms with van der Waals surface area (Å²) in [6, 6.07) is 7.75. The van der Waals surface area contributed by atoms with E-state index in [0.29, 0.717) is 18.4 Å². The molecule has 3 heterocycles. The van der Waals surface area contributed by atoms with Crippen LogP contribution in [0.3, 0.4) is 0 Å². The Bertz CT molecular complexity index is 865. The number of anilines is 4. The number of ether oxygens (including phenoxy) is 2. The van der Waals surface area contributed by atoms with Crippen LogP contribution in [0, 0.1) is 0 Å². The molecule has 2 aromatic rings. The Kier molecular flexibility index (Phi) is 6.96. The molecule has 1 aromatic carbocycles. The Morgan fingerprint density at radius 1 is 1.00 bits per heavy atom. The molecule has 2 fully saturated rings. The lowest BCUT2D eigenvalue weighted by Crippen LogP contribution is -2.22. The van der Waals surface area contributed by atoms with Crippen molar-refractivity contribution in [1.29, 1.82) is 0 Å². The molecular formula is C23H34N6O2. The lowest BCUT2D eigenvalue weighted by atomic mass is 10.2. The molecule has 8 nitrogen and oxygen atoms in total. The fourth-order valence-electron chi connectivity index (χ4n) is 4.28. The fraction of sp³-hybridized carbons (Fsp3) is 0.565. The van der Waals surface area contributed by atoms with E-state index in [4.69, 9.17) is 20.2 Å². The maximum atomic E-state index is 6.10. The molecule has 0 spiro atoms. The number of methoxy groups -OCH3 is 1. The van der Waals surface area contributed by atoms with Gasteiger partial charge in [-0.05, 0) is 57.3 Å². The molecule has 2 N–H and O–H groups in total. The number of nitrogen functional groups attached to an aromatic ring is 1. The van der Waals surface area contributed by atoms with Crippen LogP contribution >= 0.6 is 0 Å². The van der Waals surface area contributed by atoms with E-state index in [1.54, 1.807) is 7.11 Å². The van der Waals surface area contributed by atoms with Crippen LogP contribution in [-0.2, 0) is 0 Å². The molecule has 2 aliphatic heterocycles. The Labute approximate surface area is 185 Å². The molecular weight excluding hydrogens is 392 g/mol. The first-order valence-electron chi connectivity index (χ1n) is 11.3. The van der Waals surface area contributed by atoms with Gasteiger partial charge in [0.2, 0.25) is 5.95 Å². The summed E-state index contributed by atoms with van der Waals surface area (Å²) in [7, 11) is 3.61. The Hall–Kier alpha value is -2.74. The second-order valence-electron chi connectivity index (χ2n) is 8.29. The van der Waals surface area contributed by atoms with Gasteiger partial charge in [0.25, 0.3) is 0 Å². The fourth-order valence-corrected chi connectivity index (χ4v) is 4.28. The predicted octanol–water partition coefficient (Wildman–Crippen LogP) is 3.30. The number of hydrogen-bond donors (Lipinski definition) is 1. The van der Waals surface area contributed by atoms with Gasteiger partial charge in [-0.15, -0.1) is 0 Å². The molecule has 8 heteroatoms. The van der Waals surface area contributed by atoms with Gasteiger partial charge in [-0.1, -0.05) is 0 Å². The number of nitrogens with two attached hydrogens (primary N) is 1. The van der Waals surface area contributed by atoms with Crippen LogP contribution in [0.2, 0.25) is 0 Å². The topological polar surface area (TPSA) is 80.0 Å². The van der Waals surface area contributed by atoms with Crippen molar-refractivity contribution in [1.82, 2.24) is 14.9 Å². The molecule has 0 bridgehead atoms. The van der Waals surface area contributed by atoms with Gasteiger partial charge in [-0.3, -0.25) is 0 Å². The van der Waals surface area contributed by atoms with Crippen molar-refractivity contribution >= 4 is 23.3 Å². The van der Waals surface area contributed by atoms with E-state index in [2.05, 4.69) is 14.8 Å². The van der Waals surface area contributed by atoms with Crippen LogP contribution in [0.5, 0.6) is 11.5 Å². The maximum absolute atomic E-state index is 6.10. The summed E-state index contributed by atoms with van der Waals surface area (Å²) in [5.74, 6) is 3.40. The molecule has 0 saturated carbocycles. The summed E-state index contributed by atoms with van der Waals surface area (Å²) in [6.07, 6.45) is 6.00. The molecule has 0 atom stereocenters. The third-order valence-electron chi connectivity index (χ3n) is 6.06. The van der Waals surface area contributed by atoms with Crippen LogP contribution in [0.15, 0.2) is 24.3 Å². The third kappa shape index (κ3) is 5.31. The summed E-state index contributed by atoms with van der Waals surface area (Å²) < 4.78 is 11.6. The number of rotatable bonds is 9. The van der Waals surface area contributed by atoms with Crippen molar-refractivity contribution < 1.29 is 9.47 Å². The van der Waals surface area contributed by atoms with Crippen LogP contribution in [0.25, 0.3) is 0 Å². The van der Waals surface area contributed by atoms with Gasteiger partial charge in [0, 0.05) is 44.5 Å². The minimum Gasteiger partial charge on any atom is -0.493 e. The summed E-state index contributed by atoms with van der Waals surface area (Å²) in [5.41, 5.74) is 7.02. The number of benzene rings is 1. The average molecular weight is 427 g/mol. The molecule has 168 valence electrons. The van der Waals surface area contributed by atoms with Crippen molar-refractivity contribution in [3.8, 4) is 11.5 Å². The minimum absolute atomic E-state index is 0.477. The van der Waals surface area contributed by atoms with E-state index in [1.807, 2.05) is 36.2 Å². The van der Waals surface area contributed by atoms with E-state index >= 15 is 0 Å². The summed E-state index contributed by atoms with van der Waals surface area (Å²) in [6.45, 7) is 6.19. The number of hydrogen-bond acceptors (Lipinski definition) is 8. The SMILES string of the molecule is COc1ccc(N(C)c2nc(N)cc(N3CCCC3)n2)cc1OCCCN1CCCC1. The van der Waals surface area contributed by atoms with Crippen molar-refractivity contribution in [3.05, 3.63) is 24.3 Å². The van der Waals surface area contributed by atoms with Crippen LogP contribution in [-0.4, -0.2) is 68.4 Å². The molecule has 2 aliphatic rings. The molecule has 2 saturated heterocycles. The van der Waals surface area contributed by atoms with Gasteiger partial charge in [0.15, 0.2) is 11.5 Å². The van der Waals surface area contributed by atoms with Crippen LogP contribution < -0.4 is 25.0 Å². The lowest BCUT2D eigenvalue weighted by molar-refractivity contribution is 0.254. The standard InChI is InChI=1S/C23H34N6O2/c1-27(23-25-21(24)17-22(26-23)29-13-5-6-14-29)18-8-9-19(30-2)20(16-18)31-15-7-12-28-10-3-4-11-28/h8-9,16-17H,3-7,10-15H2,1-2H3,(H2,24,25,26). The van der Waals surface area contributed by atoms with Crippen molar-refractivity contribution in [3.63, 3.8) is 0 Å². The lowest BCUT2D eigenvalue weighted by Gasteiger charge is -2.22. The largest absolute Gasteiger partial charge is 0.493 e. The van der Waals surface area contributed by atoms with E-state index in [1.165, 1.54) is 38.8 Å². The predicted molar refractivity (Wildman–Crippen MR) is 125 cm³/mol. The molecule has 0 unspecified atom stereocenters. The zero-order chi connectivity index (χ0) is 21.6. The average Bonchev–Trinajstić information content (AvgIpc) is 3.50. The van der Waals surface area contributed by atoms with Gasteiger partial charge in [0.1, 0.15) is 11.6 Å². The Morgan fingerprint density at radius 2 is 1.74 bits per heavy atom. The van der Waals surface area contributed by atoms with Gasteiger partial charge in [-0.2, -0.15) is 9.97 Å². The van der Waals surface area contributed by atoms with E-state index in [-0.39, 0.29) is 0 Å². The van der Waals surface area contributed by atoms with Crippen LogP contribution in [0.4, 0.5) is 23.3 Å². The second kappa shape index (κ2) is 10.0. The van der Waals surface area contributed by atoms with Crippen molar-refractivity contribution in [2.24, 2.45) is 0 Å². The number of nitrogens with zero attached hydrogens (tertiary/aromatic N) is 5. The smallest absolute Gasteiger partial charge is 0.233 e. The molecule has 1 aromatic heterocycles. The molecule has 31 heavy (non-hydrogen) atoms. The maximum Gasteiger partial charge on any atom is 0.233 e. The molecule has 4 rings (SSSR count). The summed E-state index contributed by atoms with van der Waals surface area (Å²) in [5, 5.41) is 0. The highest BCUT2D eigenvalue weighted by Gasteiger charge is 2.18. The highest BCUT2D eigenvalue weighted by atomic mass is 16.5. The molecule has 0 radical (unpaired) electrons. The Balaban J connectivity index is 1.46. The zero-order valence-electron chi connectivity index (χ0n) is 18.7. The van der Waals surface area contributed by atoms with Crippen LogP contribution in [0.1, 0.15) is 32.1 Å². The Morgan fingerprint density at radius 3 is 2.48 bits per heavy atom. The number of likely N-dealkylation sites (tertiary alicyclic amines) is 1. The quantitative estimate of drug-likeness (QED) is 0.612. The summed E-state index contributed by atoms with van der Waals surface area (Å²) in [4.78, 5) is 15.9. The monoisotopic (exact) mass is 426 g/mol. The second-order valence-corrected chi connectivity index (χ2v) is 8.29. The highest BCUT2D eigenvalue weighted by molar-refractivity contribution is 5.64. The first kappa shape index (κ1) is 21.5. The highest BCUT2D eigenvalue weighted by Crippen LogP contribution is 2.34. The molecule has 0 aliphatic carbocycles. The first-order chi connectivity index (χ1) is 15.1. The molecule has 0 amide bonds. The van der Waals surface area contributed by atoms with E-state index < -0.39 is 0 Å². The normalized spacial score (nSPS) is 16.6. The van der Waals surface area contributed by atoms with Gasteiger partial charge < -0.3 is 29.9 Å². The van der Waals surface area contributed by atoms with E-state index in [9.17, 15) is 0 Å². The van der Waals surface area contributed by atoms with Gasteiger partial charge in [0.05, 0.1) is 13.7 Å². The third-order valence-corrected chi connectivity index (χ3v) is 6.06. The van der Waals surface area contributed by atoms with Gasteiger partial charge in [-0.25, -0.2) is 0 Å². The van der Waals surface area contributed by atoms with Crippen molar-refractivity contribution in [2.75, 3.05) is 69.0 Å². The number of aromatic nitrogens is 2. The minimum atomic E-state index is 0.477. The first-order valence-corrected chi connectivity index (χ1v) is 11.3. The van der Waals surface area contributed by atoms with Crippen molar-refractivity contribution in [2.45, 2.75) is 32.1 Å².